The highest BCUT2D eigenvalue weighted by atomic mass is 35.5. The molecular formula is C26H28ClFN2O. The maximum atomic E-state index is 13.8. The van der Waals surface area contributed by atoms with Crippen molar-refractivity contribution in [2.75, 3.05) is 0 Å². The van der Waals surface area contributed by atoms with Gasteiger partial charge in [-0.25, -0.2) is 4.39 Å². The van der Waals surface area contributed by atoms with E-state index >= 15 is 0 Å². The Hall–Kier alpha value is -2.46. The Labute approximate surface area is 188 Å². The van der Waals surface area contributed by atoms with Gasteiger partial charge in [0.15, 0.2) is 0 Å². The Kier molecular flexibility index (Phi) is 6.57. The summed E-state index contributed by atoms with van der Waals surface area (Å²) in [7, 11) is 0. The zero-order valence-corrected chi connectivity index (χ0v) is 18.7. The van der Waals surface area contributed by atoms with Gasteiger partial charge in [0.05, 0.1) is 11.6 Å². The van der Waals surface area contributed by atoms with E-state index in [0.717, 1.165) is 42.1 Å². The maximum absolute atomic E-state index is 13.8. The number of nitrogens with one attached hydrogen (secondary N) is 1. The van der Waals surface area contributed by atoms with Gasteiger partial charge in [-0.05, 0) is 92.0 Å². The third-order valence-corrected chi connectivity index (χ3v) is 7.05. The van der Waals surface area contributed by atoms with Crippen LogP contribution in [0.1, 0.15) is 62.6 Å². The third-order valence-electron chi connectivity index (χ3n) is 6.80. The first-order valence-corrected chi connectivity index (χ1v) is 11.4. The molecule has 162 valence electrons. The van der Waals surface area contributed by atoms with Crippen LogP contribution in [0.4, 0.5) is 4.39 Å². The first-order chi connectivity index (χ1) is 14.9. The Bertz CT molecular complexity index is 1060. The molecule has 0 aliphatic heterocycles. The maximum Gasteiger partial charge on any atom is 0.223 e. The van der Waals surface area contributed by atoms with Gasteiger partial charge in [0.2, 0.25) is 5.91 Å². The molecule has 2 aromatic carbocycles. The van der Waals surface area contributed by atoms with Crippen LogP contribution in [-0.4, -0.2) is 10.9 Å². The van der Waals surface area contributed by atoms with E-state index in [9.17, 15) is 9.18 Å². The molecule has 2 atom stereocenters. The van der Waals surface area contributed by atoms with Crippen LogP contribution in [0, 0.1) is 17.7 Å². The molecule has 1 saturated carbocycles. The number of nitrogens with zero attached hydrogens (tertiary/aromatic N) is 1. The Balaban J connectivity index is 1.38. The SMILES string of the molecule is C[C@H](NC(=O)[C@H](C)[C@H]1CC[C@@H](c2ccnc3ccc(F)cc32)CC1)c1ccc(Cl)cc1. The minimum atomic E-state index is -0.226. The van der Waals surface area contributed by atoms with Crippen LogP contribution in [0.5, 0.6) is 0 Å². The molecule has 0 unspecified atom stereocenters. The van der Waals surface area contributed by atoms with Crippen LogP contribution in [0.2, 0.25) is 5.02 Å². The average Bonchev–Trinajstić information content (AvgIpc) is 2.78. The van der Waals surface area contributed by atoms with E-state index in [0.29, 0.717) is 16.9 Å². The molecule has 1 aliphatic rings. The van der Waals surface area contributed by atoms with Crippen LogP contribution >= 0.6 is 11.6 Å². The molecule has 0 saturated heterocycles. The van der Waals surface area contributed by atoms with Crippen LogP contribution in [0.25, 0.3) is 10.9 Å². The minimum Gasteiger partial charge on any atom is -0.349 e. The number of hydrogen-bond donors (Lipinski definition) is 1. The smallest absolute Gasteiger partial charge is 0.223 e. The lowest BCUT2D eigenvalue weighted by Crippen LogP contribution is -2.36. The summed E-state index contributed by atoms with van der Waals surface area (Å²) in [5.74, 6) is 0.575. The average molecular weight is 439 g/mol. The molecule has 1 N–H and O–H groups in total. The van der Waals surface area contributed by atoms with Crippen LogP contribution in [-0.2, 0) is 4.79 Å². The van der Waals surface area contributed by atoms with Crippen LogP contribution in [0.15, 0.2) is 54.7 Å². The summed E-state index contributed by atoms with van der Waals surface area (Å²) in [6.07, 6.45) is 5.81. The summed E-state index contributed by atoms with van der Waals surface area (Å²) < 4.78 is 13.8. The second-order valence-electron chi connectivity index (χ2n) is 8.74. The molecule has 3 aromatic rings. The van der Waals surface area contributed by atoms with Crippen molar-refractivity contribution in [2.24, 2.45) is 11.8 Å². The van der Waals surface area contributed by atoms with Crippen molar-refractivity contribution in [1.29, 1.82) is 0 Å². The van der Waals surface area contributed by atoms with E-state index in [4.69, 9.17) is 11.6 Å². The third kappa shape index (κ3) is 4.90. The van der Waals surface area contributed by atoms with Gasteiger partial charge >= 0.3 is 0 Å². The fourth-order valence-electron chi connectivity index (χ4n) is 4.82. The second kappa shape index (κ2) is 9.35. The summed E-state index contributed by atoms with van der Waals surface area (Å²) in [6.45, 7) is 4.03. The fourth-order valence-corrected chi connectivity index (χ4v) is 4.95. The summed E-state index contributed by atoms with van der Waals surface area (Å²) >= 11 is 5.96. The number of fused-ring (bicyclic) bond motifs is 1. The lowest BCUT2D eigenvalue weighted by Gasteiger charge is -2.33. The van der Waals surface area contributed by atoms with Gasteiger partial charge in [0.1, 0.15) is 5.82 Å². The van der Waals surface area contributed by atoms with E-state index in [1.807, 2.05) is 50.4 Å². The number of benzene rings is 2. The van der Waals surface area contributed by atoms with Crippen molar-refractivity contribution in [3.63, 3.8) is 0 Å². The van der Waals surface area contributed by atoms with Crippen LogP contribution in [0.3, 0.4) is 0 Å². The van der Waals surface area contributed by atoms with E-state index in [2.05, 4.69) is 10.3 Å². The highest BCUT2D eigenvalue weighted by molar-refractivity contribution is 6.30. The lowest BCUT2D eigenvalue weighted by atomic mass is 9.73. The van der Waals surface area contributed by atoms with E-state index in [1.54, 1.807) is 12.1 Å². The van der Waals surface area contributed by atoms with Crippen molar-refractivity contribution >= 4 is 28.4 Å². The Morgan fingerprint density at radius 3 is 2.48 bits per heavy atom. The summed E-state index contributed by atoms with van der Waals surface area (Å²) in [5, 5.41) is 4.76. The summed E-state index contributed by atoms with van der Waals surface area (Å²) in [6, 6.07) is 14.4. The topological polar surface area (TPSA) is 42.0 Å². The molecule has 0 bridgehead atoms. The summed E-state index contributed by atoms with van der Waals surface area (Å²) in [4.78, 5) is 17.2. The molecular weight excluding hydrogens is 411 g/mol. The van der Waals surface area contributed by atoms with Crippen molar-refractivity contribution in [2.45, 2.75) is 51.5 Å². The van der Waals surface area contributed by atoms with Crippen LogP contribution < -0.4 is 5.32 Å². The first kappa shape index (κ1) is 21.8. The van der Waals surface area contributed by atoms with Gasteiger partial charge in [0.25, 0.3) is 0 Å². The van der Waals surface area contributed by atoms with Gasteiger partial charge in [0, 0.05) is 22.5 Å². The number of rotatable bonds is 5. The van der Waals surface area contributed by atoms with Gasteiger partial charge < -0.3 is 5.32 Å². The predicted octanol–water partition coefficient (Wildman–Crippen LogP) is 6.81. The zero-order valence-electron chi connectivity index (χ0n) is 17.9. The summed E-state index contributed by atoms with van der Waals surface area (Å²) in [5.41, 5.74) is 3.06. The van der Waals surface area contributed by atoms with Gasteiger partial charge in [-0.3, -0.25) is 9.78 Å². The lowest BCUT2D eigenvalue weighted by molar-refractivity contribution is -0.127. The number of carbonyl (C=O) groups excluding carboxylic acids is 1. The highest BCUT2D eigenvalue weighted by Gasteiger charge is 2.30. The first-order valence-electron chi connectivity index (χ1n) is 11.0. The molecule has 1 fully saturated rings. The fraction of sp³-hybridized carbons (Fsp3) is 0.385. The molecule has 1 aliphatic carbocycles. The van der Waals surface area contributed by atoms with Gasteiger partial charge in [-0.15, -0.1) is 0 Å². The molecule has 1 heterocycles. The monoisotopic (exact) mass is 438 g/mol. The molecule has 31 heavy (non-hydrogen) atoms. The van der Waals surface area contributed by atoms with Crippen molar-refractivity contribution in [3.8, 4) is 0 Å². The number of amides is 1. The molecule has 3 nitrogen and oxygen atoms in total. The van der Waals surface area contributed by atoms with E-state index in [1.165, 1.54) is 11.6 Å². The van der Waals surface area contributed by atoms with E-state index in [-0.39, 0.29) is 23.7 Å². The van der Waals surface area contributed by atoms with Gasteiger partial charge in [-0.2, -0.15) is 0 Å². The number of hydrogen-bond acceptors (Lipinski definition) is 2. The van der Waals surface area contributed by atoms with Crippen molar-refractivity contribution < 1.29 is 9.18 Å². The van der Waals surface area contributed by atoms with Crippen molar-refractivity contribution in [3.05, 3.63) is 76.7 Å². The highest BCUT2D eigenvalue weighted by Crippen LogP contribution is 2.40. The minimum absolute atomic E-state index is 0.0395. The predicted molar refractivity (Wildman–Crippen MR) is 124 cm³/mol. The molecule has 5 heteroatoms. The van der Waals surface area contributed by atoms with Gasteiger partial charge in [-0.1, -0.05) is 30.7 Å². The molecule has 1 aromatic heterocycles. The Morgan fingerprint density at radius 2 is 1.77 bits per heavy atom. The number of aromatic nitrogens is 1. The van der Waals surface area contributed by atoms with Crippen molar-refractivity contribution in [1.82, 2.24) is 10.3 Å². The quantitative estimate of drug-likeness (QED) is 0.475. The molecule has 4 rings (SSSR count). The largest absolute Gasteiger partial charge is 0.349 e. The molecule has 0 radical (unpaired) electrons. The second-order valence-corrected chi connectivity index (χ2v) is 9.18. The standard InChI is InChI=1S/C26H28ClFN2O/c1-16(26(31)30-17(2)19-7-9-21(27)10-8-19)18-3-5-20(6-4-18)23-13-14-29-25-12-11-22(28)15-24(23)25/h7-18,20H,3-6H2,1-2H3,(H,30,31)/t16-,17+,18-,20+/m1/s1. The number of carbonyl (C=O) groups is 1. The molecule has 1 amide bonds. The normalized spacial score (nSPS) is 20.9. The number of pyridine rings is 1. The Morgan fingerprint density at radius 1 is 1.06 bits per heavy atom. The number of halogens is 2. The molecule has 0 spiro atoms. The van der Waals surface area contributed by atoms with E-state index < -0.39 is 0 Å². The zero-order chi connectivity index (χ0) is 22.0.